The zero-order valence-electron chi connectivity index (χ0n) is 13.2. The van der Waals surface area contributed by atoms with Crippen molar-refractivity contribution in [1.82, 2.24) is 5.32 Å². The van der Waals surface area contributed by atoms with Crippen molar-refractivity contribution in [2.75, 3.05) is 14.2 Å². The molecule has 0 aliphatic carbocycles. The number of esters is 2. The summed E-state index contributed by atoms with van der Waals surface area (Å²) in [6.45, 7) is 4.82. The SMILES string of the molecule is COC(=O)C(C[C@H](NC(=O)OC(C)(C)C)C(=O)O)C(=O)OC. The third-order valence-electron chi connectivity index (χ3n) is 2.43. The number of methoxy groups -OCH3 is 2. The van der Waals surface area contributed by atoms with Gasteiger partial charge in [0.1, 0.15) is 11.6 Å². The van der Waals surface area contributed by atoms with Crippen LogP contribution in [0.3, 0.4) is 0 Å². The van der Waals surface area contributed by atoms with Gasteiger partial charge in [-0.25, -0.2) is 9.59 Å². The molecule has 0 aliphatic heterocycles. The Labute approximate surface area is 127 Å². The molecule has 0 aromatic heterocycles. The normalized spacial score (nSPS) is 12.3. The smallest absolute Gasteiger partial charge is 0.408 e. The highest BCUT2D eigenvalue weighted by molar-refractivity contribution is 5.95. The van der Waals surface area contributed by atoms with Gasteiger partial charge >= 0.3 is 24.0 Å². The van der Waals surface area contributed by atoms with E-state index in [9.17, 15) is 19.2 Å². The average Bonchev–Trinajstić information content (AvgIpc) is 2.39. The summed E-state index contributed by atoms with van der Waals surface area (Å²) in [4.78, 5) is 45.8. The van der Waals surface area contributed by atoms with E-state index >= 15 is 0 Å². The zero-order chi connectivity index (χ0) is 17.5. The maximum atomic E-state index is 11.6. The molecule has 0 rings (SSSR count). The fourth-order valence-corrected chi connectivity index (χ4v) is 1.48. The Morgan fingerprint density at radius 3 is 1.82 bits per heavy atom. The molecule has 0 fully saturated rings. The number of carboxylic acids is 1. The Kier molecular flexibility index (Phi) is 7.34. The summed E-state index contributed by atoms with van der Waals surface area (Å²) in [5.74, 6) is -4.80. The number of nitrogens with one attached hydrogen (secondary N) is 1. The van der Waals surface area contributed by atoms with Crippen LogP contribution < -0.4 is 5.32 Å². The minimum absolute atomic E-state index is 0.520. The monoisotopic (exact) mass is 319 g/mol. The molecule has 0 spiro atoms. The molecule has 0 radical (unpaired) electrons. The number of ether oxygens (including phenoxy) is 3. The van der Waals surface area contributed by atoms with Crippen LogP contribution in [0.5, 0.6) is 0 Å². The van der Waals surface area contributed by atoms with E-state index in [0.29, 0.717) is 0 Å². The lowest BCUT2D eigenvalue weighted by molar-refractivity contribution is -0.159. The molecule has 9 nitrogen and oxygen atoms in total. The summed E-state index contributed by atoms with van der Waals surface area (Å²) >= 11 is 0. The van der Waals surface area contributed by atoms with E-state index in [2.05, 4.69) is 14.8 Å². The third-order valence-corrected chi connectivity index (χ3v) is 2.43. The molecule has 0 aromatic rings. The predicted octanol–water partition coefficient (Wildman–Crippen LogP) is 0.317. The Bertz CT molecular complexity index is 424. The second-order valence-electron chi connectivity index (χ2n) is 5.37. The largest absolute Gasteiger partial charge is 0.480 e. The van der Waals surface area contributed by atoms with E-state index in [4.69, 9.17) is 9.84 Å². The Morgan fingerprint density at radius 1 is 1.05 bits per heavy atom. The van der Waals surface area contributed by atoms with Gasteiger partial charge in [0.25, 0.3) is 0 Å². The van der Waals surface area contributed by atoms with Crippen molar-refractivity contribution in [2.24, 2.45) is 5.92 Å². The molecule has 22 heavy (non-hydrogen) atoms. The summed E-state index contributed by atoms with van der Waals surface area (Å²) in [7, 11) is 2.10. The van der Waals surface area contributed by atoms with Gasteiger partial charge in [-0.15, -0.1) is 0 Å². The molecule has 0 bridgehead atoms. The Hall–Kier alpha value is -2.32. The number of hydrogen-bond donors (Lipinski definition) is 2. The van der Waals surface area contributed by atoms with Gasteiger partial charge in [0.2, 0.25) is 0 Å². The van der Waals surface area contributed by atoms with Crippen molar-refractivity contribution >= 4 is 24.0 Å². The fraction of sp³-hybridized carbons (Fsp3) is 0.692. The van der Waals surface area contributed by atoms with Gasteiger partial charge < -0.3 is 24.6 Å². The highest BCUT2D eigenvalue weighted by Crippen LogP contribution is 2.13. The van der Waals surface area contributed by atoms with Crippen molar-refractivity contribution in [2.45, 2.75) is 38.8 Å². The van der Waals surface area contributed by atoms with E-state index in [0.717, 1.165) is 14.2 Å². The minimum Gasteiger partial charge on any atom is -0.480 e. The molecule has 2 N–H and O–H groups in total. The molecule has 1 amide bonds. The second kappa shape index (κ2) is 8.20. The molecule has 0 saturated carbocycles. The molecule has 0 aliphatic rings. The number of alkyl carbamates (subject to hydrolysis) is 1. The van der Waals surface area contributed by atoms with Crippen LogP contribution in [0, 0.1) is 5.92 Å². The molecule has 0 saturated heterocycles. The number of amides is 1. The number of carbonyl (C=O) groups is 4. The second-order valence-corrected chi connectivity index (χ2v) is 5.37. The van der Waals surface area contributed by atoms with Gasteiger partial charge in [-0.2, -0.15) is 0 Å². The average molecular weight is 319 g/mol. The maximum Gasteiger partial charge on any atom is 0.408 e. The molecule has 126 valence electrons. The van der Waals surface area contributed by atoms with Crippen molar-refractivity contribution in [3.63, 3.8) is 0 Å². The zero-order valence-corrected chi connectivity index (χ0v) is 13.2. The first-order valence-electron chi connectivity index (χ1n) is 6.39. The van der Waals surface area contributed by atoms with Crippen molar-refractivity contribution in [1.29, 1.82) is 0 Å². The Balaban J connectivity index is 5.01. The summed E-state index contributed by atoms with van der Waals surface area (Å²) in [5, 5.41) is 11.2. The van der Waals surface area contributed by atoms with Crippen LogP contribution in [-0.2, 0) is 28.6 Å². The maximum absolute atomic E-state index is 11.6. The molecular formula is C13H21NO8. The highest BCUT2D eigenvalue weighted by atomic mass is 16.6. The van der Waals surface area contributed by atoms with Crippen LogP contribution in [0.4, 0.5) is 4.79 Å². The van der Waals surface area contributed by atoms with Gasteiger partial charge in [0, 0.05) is 6.42 Å². The van der Waals surface area contributed by atoms with E-state index in [1.807, 2.05) is 0 Å². The molecule has 9 heteroatoms. The van der Waals surface area contributed by atoms with Crippen molar-refractivity contribution < 1.29 is 38.5 Å². The van der Waals surface area contributed by atoms with Crippen LogP contribution in [0.15, 0.2) is 0 Å². The standard InChI is InChI=1S/C13H21NO8/c1-13(2,3)22-12(19)14-8(9(15)16)6-7(10(17)20-4)11(18)21-5/h7-8H,6H2,1-5H3,(H,14,19)(H,15,16)/t8-/m0/s1. The fourth-order valence-electron chi connectivity index (χ4n) is 1.48. The van der Waals surface area contributed by atoms with Gasteiger partial charge in [0.15, 0.2) is 5.92 Å². The number of aliphatic carboxylic acids is 1. The van der Waals surface area contributed by atoms with Crippen LogP contribution in [0.1, 0.15) is 27.2 Å². The summed E-state index contributed by atoms with van der Waals surface area (Å²) in [5.41, 5.74) is -0.822. The molecular weight excluding hydrogens is 298 g/mol. The van der Waals surface area contributed by atoms with E-state index in [-0.39, 0.29) is 0 Å². The summed E-state index contributed by atoms with van der Waals surface area (Å²) < 4.78 is 13.8. The predicted molar refractivity (Wildman–Crippen MR) is 72.9 cm³/mol. The Morgan fingerprint density at radius 2 is 1.50 bits per heavy atom. The lowest BCUT2D eigenvalue weighted by Gasteiger charge is -2.23. The van der Waals surface area contributed by atoms with Crippen molar-refractivity contribution in [3.8, 4) is 0 Å². The summed E-state index contributed by atoms with van der Waals surface area (Å²) in [6.07, 6.45) is -1.50. The number of hydrogen-bond acceptors (Lipinski definition) is 7. The number of carbonyl (C=O) groups excluding carboxylic acids is 3. The van der Waals surface area contributed by atoms with Crippen molar-refractivity contribution in [3.05, 3.63) is 0 Å². The van der Waals surface area contributed by atoms with Crippen LogP contribution in [0.25, 0.3) is 0 Å². The van der Waals surface area contributed by atoms with Crippen LogP contribution >= 0.6 is 0 Å². The lowest BCUT2D eigenvalue weighted by atomic mass is 10.00. The molecule has 0 aromatic carbocycles. The van der Waals surface area contributed by atoms with Gasteiger partial charge in [-0.05, 0) is 20.8 Å². The highest BCUT2D eigenvalue weighted by Gasteiger charge is 2.35. The number of rotatable bonds is 6. The van der Waals surface area contributed by atoms with Gasteiger partial charge in [-0.3, -0.25) is 9.59 Å². The van der Waals surface area contributed by atoms with E-state index in [1.165, 1.54) is 0 Å². The van der Waals surface area contributed by atoms with Gasteiger partial charge in [-0.1, -0.05) is 0 Å². The van der Waals surface area contributed by atoms with Gasteiger partial charge in [0.05, 0.1) is 14.2 Å². The number of carboxylic acid groups (broad SMARTS) is 1. The van der Waals surface area contributed by atoms with E-state index < -0.39 is 48.0 Å². The first-order chi connectivity index (χ1) is 10.0. The van der Waals surface area contributed by atoms with Crippen LogP contribution in [0.2, 0.25) is 0 Å². The lowest BCUT2D eigenvalue weighted by Crippen LogP contribution is -2.46. The van der Waals surface area contributed by atoms with Crippen LogP contribution in [-0.4, -0.2) is 55.0 Å². The first kappa shape index (κ1) is 19.7. The molecule has 0 heterocycles. The van der Waals surface area contributed by atoms with E-state index in [1.54, 1.807) is 20.8 Å². The quantitative estimate of drug-likeness (QED) is 0.407. The summed E-state index contributed by atoms with van der Waals surface area (Å²) in [6, 6.07) is -1.52. The topological polar surface area (TPSA) is 128 Å². The first-order valence-corrected chi connectivity index (χ1v) is 6.39. The molecule has 0 unspecified atom stereocenters. The third kappa shape index (κ3) is 6.91. The molecule has 1 atom stereocenters. The minimum atomic E-state index is -1.52.